The highest BCUT2D eigenvalue weighted by Crippen LogP contribution is 2.35. The standard InChI is InChI=1S/C16H8BrCl3N2O2/c17-8-1-4-10(5-2-8)21-14-13(20)15(23)22(16(14)24)12-7-9(18)3-6-11(12)19/h1-7,21H. The molecule has 0 saturated heterocycles. The Morgan fingerprint density at radius 3 is 2.25 bits per heavy atom. The first-order valence-corrected chi connectivity index (χ1v) is 8.57. The van der Waals surface area contributed by atoms with Crippen molar-refractivity contribution in [2.45, 2.75) is 0 Å². The second-order valence-corrected chi connectivity index (χ2v) is 7.00. The summed E-state index contributed by atoms with van der Waals surface area (Å²) in [6, 6.07) is 11.6. The monoisotopic (exact) mass is 444 g/mol. The summed E-state index contributed by atoms with van der Waals surface area (Å²) in [6.45, 7) is 0. The van der Waals surface area contributed by atoms with Crippen molar-refractivity contribution in [2.24, 2.45) is 0 Å². The summed E-state index contributed by atoms with van der Waals surface area (Å²) < 4.78 is 0.884. The first-order chi connectivity index (χ1) is 11.4. The maximum atomic E-state index is 12.7. The van der Waals surface area contributed by atoms with Crippen LogP contribution < -0.4 is 10.2 Å². The van der Waals surface area contributed by atoms with E-state index >= 15 is 0 Å². The molecule has 4 nitrogen and oxygen atoms in total. The second kappa shape index (κ2) is 6.76. The molecule has 0 radical (unpaired) electrons. The van der Waals surface area contributed by atoms with E-state index in [2.05, 4.69) is 21.2 Å². The van der Waals surface area contributed by atoms with Crippen molar-refractivity contribution in [3.63, 3.8) is 0 Å². The number of nitrogens with one attached hydrogen (secondary N) is 1. The smallest absolute Gasteiger partial charge is 0.283 e. The van der Waals surface area contributed by atoms with Crippen LogP contribution in [0, 0.1) is 0 Å². The molecule has 0 spiro atoms. The van der Waals surface area contributed by atoms with Crippen LogP contribution in [-0.4, -0.2) is 11.8 Å². The molecule has 1 aliphatic heterocycles. The van der Waals surface area contributed by atoms with E-state index in [0.717, 1.165) is 9.37 Å². The molecule has 0 aromatic heterocycles. The highest BCUT2D eigenvalue weighted by Gasteiger charge is 2.39. The van der Waals surface area contributed by atoms with Gasteiger partial charge in [0, 0.05) is 15.2 Å². The highest BCUT2D eigenvalue weighted by atomic mass is 79.9. The Morgan fingerprint density at radius 1 is 0.917 bits per heavy atom. The largest absolute Gasteiger partial charge is 0.350 e. The second-order valence-electron chi connectivity index (χ2n) is 4.86. The predicted octanol–water partition coefficient (Wildman–Crippen LogP) is 5.19. The molecule has 1 heterocycles. The van der Waals surface area contributed by atoms with Gasteiger partial charge in [-0.2, -0.15) is 0 Å². The van der Waals surface area contributed by atoms with Crippen molar-refractivity contribution in [3.8, 4) is 0 Å². The number of amides is 2. The molecule has 0 unspecified atom stereocenters. The quantitative estimate of drug-likeness (QED) is 0.660. The molecule has 122 valence electrons. The maximum absolute atomic E-state index is 12.7. The lowest BCUT2D eigenvalue weighted by Crippen LogP contribution is -2.32. The van der Waals surface area contributed by atoms with Crippen molar-refractivity contribution in [1.82, 2.24) is 0 Å². The van der Waals surface area contributed by atoms with Crippen molar-refractivity contribution >= 4 is 73.9 Å². The van der Waals surface area contributed by atoms with E-state index < -0.39 is 11.8 Å². The summed E-state index contributed by atoms with van der Waals surface area (Å²) in [4.78, 5) is 26.0. The van der Waals surface area contributed by atoms with Crippen molar-refractivity contribution in [1.29, 1.82) is 0 Å². The van der Waals surface area contributed by atoms with Gasteiger partial charge in [-0.05, 0) is 42.5 Å². The van der Waals surface area contributed by atoms with Gasteiger partial charge in [-0.3, -0.25) is 9.59 Å². The molecule has 2 aromatic carbocycles. The molecule has 2 amide bonds. The minimum atomic E-state index is -0.662. The summed E-state index contributed by atoms with van der Waals surface area (Å²) in [5.41, 5.74) is 0.788. The van der Waals surface area contributed by atoms with Gasteiger partial charge in [0.2, 0.25) is 0 Å². The Kier molecular flexibility index (Phi) is 4.88. The third-order valence-corrected chi connectivity index (χ3v) is 4.72. The first kappa shape index (κ1) is 17.3. The maximum Gasteiger partial charge on any atom is 0.283 e. The Hall–Kier alpha value is -1.53. The van der Waals surface area contributed by atoms with E-state index in [1.807, 2.05) is 0 Å². The summed E-state index contributed by atoms with van der Waals surface area (Å²) in [7, 11) is 0. The molecule has 3 rings (SSSR count). The Morgan fingerprint density at radius 2 is 1.58 bits per heavy atom. The number of hydrogen-bond donors (Lipinski definition) is 1. The molecule has 1 aliphatic rings. The fourth-order valence-electron chi connectivity index (χ4n) is 2.16. The number of nitrogens with zero attached hydrogens (tertiary/aromatic N) is 1. The van der Waals surface area contributed by atoms with Crippen LogP contribution in [0.3, 0.4) is 0 Å². The van der Waals surface area contributed by atoms with Gasteiger partial charge in [0.05, 0.1) is 10.7 Å². The zero-order valence-corrected chi connectivity index (χ0v) is 15.7. The summed E-state index contributed by atoms with van der Waals surface area (Å²) >= 11 is 21.4. The van der Waals surface area contributed by atoms with E-state index in [-0.39, 0.29) is 21.4 Å². The van der Waals surface area contributed by atoms with Crippen LogP contribution in [0.4, 0.5) is 11.4 Å². The summed E-state index contributed by atoms with van der Waals surface area (Å²) in [6.07, 6.45) is 0. The summed E-state index contributed by atoms with van der Waals surface area (Å²) in [5.74, 6) is -1.26. The number of rotatable bonds is 3. The van der Waals surface area contributed by atoms with Gasteiger partial charge in [-0.1, -0.05) is 50.7 Å². The normalized spacial score (nSPS) is 14.6. The SMILES string of the molecule is O=C1C(Cl)=C(Nc2ccc(Br)cc2)C(=O)N1c1cc(Cl)ccc1Cl. The molecule has 24 heavy (non-hydrogen) atoms. The van der Waals surface area contributed by atoms with Crippen LogP contribution in [0.25, 0.3) is 0 Å². The van der Waals surface area contributed by atoms with Gasteiger partial charge in [0.1, 0.15) is 10.7 Å². The Labute approximate surface area is 161 Å². The van der Waals surface area contributed by atoms with Gasteiger partial charge < -0.3 is 5.32 Å². The lowest BCUT2D eigenvalue weighted by Gasteiger charge is -2.16. The zero-order valence-electron chi connectivity index (χ0n) is 11.8. The average Bonchev–Trinajstić information content (AvgIpc) is 2.76. The van der Waals surface area contributed by atoms with Crippen molar-refractivity contribution in [2.75, 3.05) is 10.2 Å². The molecule has 0 atom stereocenters. The predicted molar refractivity (Wildman–Crippen MR) is 99.6 cm³/mol. The van der Waals surface area contributed by atoms with Crippen molar-refractivity contribution < 1.29 is 9.59 Å². The van der Waals surface area contributed by atoms with Crippen LogP contribution >= 0.6 is 50.7 Å². The zero-order chi connectivity index (χ0) is 17.4. The fourth-order valence-corrected chi connectivity index (χ4v) is 3.01. The topological polar surface area (TPSA) is 49.4 Å². The number of halogens is 4. The van der Waals surface area contributed by atoms with Crippen LogP contribution in [0.5, 0.6) is 0 Å². The lowest BCUT2D eigenvalue weighted by atomic mass is 10.3. The van der Waals surface area contributed by atoms with Gasteiger partial charge in [-0.15, -0.1) is 0 Å². The van der Waals surface area contributed by atoms with Crippen LogP contribution in [0.1, 0.15) is 0 Å². The van der Waals surface area contributed by atoms with E-state index in [9.17, 15) is 9.59 Å². The minimum Gasteiger partial charge on any atom is -0.350 e. The van der Waals surface area contributed by atoms with Crippen LogP contribution in [0.15, 0.2) is 57.7 Å². The van der Waals surface area contributed by atoms with E-state index in [1.54, 1.807) is 30.3 Å². The number of carbonyl (C=O) groups is 2. The summed E-state index contributed by atoms with van der Waals surface area (Å²) in [5, 5.41) is 3.23. The lowest BCUT2D eigenvalue weighted by molar-refractivity contribution is -0.120. The van der Waals surface area contributed by atoms with Crippen LogP contribution in [-0.2, 0) is 9.59 Å². The Bertz CT molecular complexity index is 881. The van der Waals surface area contributed by atoms with Gasteiger partial charge >= 0.3 is 0 Å². The van der Waals surface area contributed by atoms with Gasteiger partial charge in [-0.25, -0.2) is 4.90 Å². The number of hydrogen-bond acceptors (Lipinski definition) is 3. The molecule has 0 aliphatic carbocycles. The van der Waals surface area contributed by atoms with E-state index in [0.29, 0.717) is 10.7 Å². The first-order valence-electron chi connectivity index (χ1n) is 6.64. The molecule has 2 aromatic rings. The van der Waals surface area contributed by atoms with Crippen molar-refractivity contribution in [3.05, 3.63) is 67.7 Å². The Balaban J connectivity index is 1.95. The fraction of sp³-hybridized carbons (Fsp3) is 0. The number of carbonyl (C=O) groups excluding carboxylic acids is 2. The van der Waals surface area contributed by atoms with Crippen LogP contribution in [0.2, 0.25) is 10.0 Å². The molecule has 0 fully saturated rings. The average molecular weight is 447 g/mol. The number of imide groups is 1. The molecule has 0 bridgehead atoms. The number of benzene rings is 2. The highest BCUT2D eigenvalue weighted by molar-refractivity contribution is 9.10. The third kappa shape index (κ3) is 3.17. The van der Waals surface area contributed by atoms with E-state index in [4.69, 9.17) is 34.8 Å². The molecule has 1 N–H and O–H groups in total. The molecule has 8 heteroatoms. The molecule has 0 saturated carbocycles. The molecular formula is C16H8BrCl3N2O2. The number of anilines is 2. The van der Waals surface area contributed by atoms with Gasteiger partial charge in [0.25, 0.3) is 11.8 Å². The minimum absolute atomic E-state index is 0.0139. The van der Waals surface area contributed by atoms with Gasteiger partial charge in [0.15, 0.2) is 0 Å². The molecular weight excluding hydrogens is 438 g/mol. The van der Waals surface area contributed by atoms with E-state index in [1.165, 1.54) is 12.1 Å². The third-order valence-electron chi connectivity index (χ3n) is 3.29.